The highest BCUT2D eigenvalue weighted by Gasteiger charge is 2.17. The Morgan fingerprint density at radius 2 is 2.00 bits per heavy atom. The van der Waals surface area contributed by atoms with E-state index < -0.39 is 0 Å². The monoisotopic (exact) mass is 382 g/mol. The second kappa shape index (κ2) is 9.77. The first kappa shape index (κ1) is 19.7. The molecule has 0 aliphatic carbocycles. The molecule has 0 bridgehead atoms. The number of hydrogen-bond acceptors (Lipinski definition) is 7. The molecule has 0 saturated heterocycles. The summed E-state index contributed by atoms with van der Waals surface area (Å²) in [6.45, 7) is 3.03. The Hall–Kier alpha value is -3.03. The Morgan fingerprint density at radius 1 is 1.14 bits per heavy atom. The minimum atomic E-state index is -0.115. The highest BCUT2D eigenvalue weighted by molar-refractivity contribution is 5.88. The van der Waals surface area contributed by atoms with E-state index in [0.29, 0.717) is 13.0 Å². The summed E-state index contributed by atoms with van der Waals surface area (Å²) in [6.07, 6.45) is 12.9. The van der Waals surface area contributed by atoms with Crippen molar-refractivity contribution in [3.8, 4) is 0 Å². The van der Waals surface area contributed by atoms with Crippen LogP contribution in [0.3, 0.4) is 0 Å². The summed E-state index contributed by atoms with van der Waals surface area (Å²) in [7, 11) is 1.99. The summed E-state index contributed by atoms with van der Waals surface area (Å²) in [5, 5.41) is 0. The van der Waals surface area contributed by atoms with Gasteiger partial charge < -0.3 is 14.2 Å². The van der Waals surface area contributed by atoms with Gasteiger partial charge in [0.25, 0.3) is 0 Å². The molecule has 0 aliphatic rings. The normalized spacial score (nSPS) is 10.9. The van der Waals surface area contributed by atoms with Gasteiger partial charge in [-0.25, -0.2) is 15.0 Å². The van der Waals surface area contributed by atoms with Crippen LogP contribution < -0.4 is 4.90 Å². The van der Waals surface area contributed by atoms with E-state index in [-0.39, 0.29) is 5.97 Å². The van der Waals surface area contributed by atoms with Gasteiger partial charge in [0.05, 0.1) is 18.3 Å². The number of esters is 1. The Balaban J connectivity index is 1.67. The molecule has 0 fully saturated rings. The number of aryl methyl sites for hydroxylation is 1. The molecule has 8 heteroatoms. The molecule has 0 aliphatic heterocycles. The fourth-order valence-corrected chi connectivity index (χ4v) is 3.18. The van der Waals surface area contributed by atoms with Crippen LogP contribution in [0.1, 0.15) is 39.0 Å². The lowest BCUT2D eigenvalue weighted by atomic mass is 10.1. The summed E-state index contributed by atoms with van der Waals surface area (Å²) >= 11 is 0. The van der Waals surface area contributed by atoms with Crippen molar-refractivity contribution in [1.82, 2.24) is 24.5 Å². The van der Waals surface area contributed by atoms with Crippen LogP contribution >= 0.6 is 0 Å². The quantitative estimate of drug-likeness (QED) is 0.392. The van der Waals surface area contributed by atoms with Gasteiger partial charge in [0, 0.05) is 38.6 Å². The third-order valence-corrected chi connectivity index (χ3v) is 4.54. The van der Waals surface area contributed by atoms with Crippen LogP contribution in [0.5, 0.6) is 0 Å². The summed E-state index contributed by atoms with van der Waals surface area (Å²) in [5.74, 6) is 1.47. The first-order valence-electron chi connectivity index (χ1n) is 9.66. The number of hydrogen-bond donors (Lipinski definition) is 0. The van der Waals surface area contributed by atoms with Gasteiger partial charge in [-0.2, -0.15) is 0 Å². The molecular formula is C20H26N6O2. The molecule has 8 nitrogen and oxygen atoms in total. The lowest BCUT2D eigenvalue weighted by molar-refractivity contribution is -0.143. The number of carbonyl (C=O) groups is 1. The van der Waals surface area contributed by atoms with Crippen molar-refractivity contribution in [1.29, 1.82) is 0 Å². The molecule has 0 saturated carbocycles. The average molecular weight is 382 g/mol. The molecule has 3 aromatic heterocycles. The van der Waals surface area contributed by atoms with Gasteiger partial charge in [-0.3, -0.25) is 9.78 Å². The lowest BCUT2D eigenvalue weighted by Crippen LogP contribution is -2.22. The van der Waals surface area contributed by atoms with Crippen molar-refractivity contribution in [2.24, 2.45) is 7.05 Å². The molecule has 0 spiro atoms. The topological polar surface area (TPSA) is 86.0 Å². The maximum absolute atomic E-state index is 11.4. The number of rotatable bonds is 10. The fourth-order valence-electron chi connectivity index (χ4n) is 3.18. The van der Waals surface area contributed by atoms with E-state index in [2.05, 4.69) is 24.8 Å². The number of carbonyl (C=O) groups excluding carboxylic acids is 1. The van der Waals surface area contributed by atoms with Crippen LogP contribution in [-0.2, 0) is 16.6 Å². The Morgan fingerprint density at radius 3 is 2.79 bits per heavy atom. The van der Waals surface area contributed by atoms with Gasteiger partial charge in [0.15, 0.2) is 11.6 Å². The standard InChI is InChI=1S/C20H26N6O2/c1-3-28-18(27)8-6-4-5-7-12-26(17-14-21-10-11-22-17)20-19-16(23-15-24-20)9-13-25(19)2/h9-11,13-15H,3-8,12H2,1-2H3. The summed E-state index contributed by atoms with van der Waals surface area (Å²) in [4.78, 5) is 31.1. The van der Waals surface area contributed by atoms with Crippen molar-refractivity contribution in [2.45, 2.75) is 39.0 Å². The van der Waals surface area contributed by atoms with Crippen LogP contribution in [0, 0.1) is 0 Å². The van der Waals surface area contributed by atoms with Crippen molar-refractivity contribution in [2.75, 3.05) is 18.1 Å². The first-order chi connectivity index (χ1) is 13.7. The number of fused-ring (bicyclic) bond motifs is 1. The number of ether oxygens (including phenoxy) is 1. The Kier molecular flexibility index (Phi) is 6.89. The SMILES string of the molecule is CCOC(=O)CCCCCCN(c1cnccn1)c1ncnc2ccn(C)c12. The summed E-state index contributed by atoms with van der Waals surface area (Å²) < 4.78 is 6.99. The highest BCUT2D eigenvalue weighted by Crippen LogP contribution is 2.28. The number of nitrogens with zero attached hydrogens (tertiary/aromatic N) is 6. The molecule has 0 N–H and O–H groups in total. The molecule has 0 aromatic carbocycles. The third-order valence-electron chi connectivity index (χ3n) is 4.54. The fraction of sp³-hybridized carbons (Fsp3) is 0.450. The molecule has 28 heavy (non-hydrogen) atoms. The smallest absolute Gasteiger partial charge is 0.305 e. The molecule has 148 valence electrons. The van der Waals surface area contributed by atoms with E-state index in [4.69, 9.17) is 4.74 Å². The molecule has 3 heterocycles. The van der Waals surface area contributed by atoms with E-state index in [1.807, 2.05) is 30.8 Å². The maximum atomic E-state index is 11.4. The van der Waals surface area contributed by atoms with Gasteiger partial charge in [-0.1, -0.05) is 12.8 Å². The summed E-state index contributed by atoms with van der Waals surface area (Å²) in [5.41, 5.74) is 1.87. The van der Waals surface area contributed by atoms with E-state index in [1.54, 1.807) is 24.9 Å². The van der Waals surface area contributed by atoms with Crippen LogP contribution in [-0.4, -0.2) is 43.6 Å². The van der Waals surface area contributed by atoms with Crippen molar-refractivity contribution < 1.29 is 9.53 Å². The van der Waals surface area contributed by atoms with Crippen LogP contribution in [0.25, 0.3) is 11.0 Å². The zero-order valence-corrected chi connectivity index (χ0v) is 16.4. The van der Waals surface area contributed by atoms with Crippen molar-refractivity contribution in [3.05, 3.63) is 37.2 Å². The van der Waals surface area contributed by atoms with E-state index >= 15 is 0 Å². The maximum Gasteiger partial charge on any atom is 0.305 e. The van der Waals surface area contributed by atoms with Gasteiger partial charge in [-0.05, 0) is 25.8 Å². The highest BCUT2D eigenvalue weighted by atomic mass is 16.5. The molecule has 3 rings (SSSR count). The van der Waals surface area contributed by atoms with Crippen molar-refractivity contribution in [3.63, 3.8) is 0 Å². The number of aromatic nitrogens is 5. The van der Waals surface area contributed by atoms with Gasteiger partial charge in [0.1, 0.15) is 11.8 Å². The zero-order chi connectivity index (χ0) is 19.8. The summed E-state index contributed by atoms with van der Waals surface area (Å²) in [6, 6.07) is 1.98. The second-order valence-corrected chi connectivity index (χ2v) is 6.54. The minimum Gasteiger partial charge on any atom is -0.466 e. The second-order valence-electron chi connectivity index (χ2n) is 6.54. The zero-order valence-electron chi connectivity index (χ0n) is 16.4. The van der Waals surface area contributed by atoms with Crippen LogP contribution in [0.15, 0.2) is 37.2 Å². The van der Waals surface area contributed by atoms with Crippen molar-refractivity contribution >= 4 is 28.6 Å². The molecular weight excluding hydrogens is 356 g/mol. The minimum absolute atomic E-state index is 0.115. The number of unbranched alkanes of at least 4 members (excludes halogenated alkanes) is 3. The van der Waals surface area contributed by atoms with Crippen LogP contribution in [0.4, 0.5) is 11.6 Å². The van der Waals surface area contributed by atoms with E-state index in [1.165, 1.54) is 0 Å². The molecule has 0 amide bonds. The predicted molar refractivity (Wildman–Crippen MR) is 107 cm³/mol. The van der Waals surface area contributed by atoms with Gasteiger partial charge >= 0.3 is 5.97 Å². The third kappa shape index (κ3) is 4.82. The van der Waals surface area contributed by atoms with E-state index in [0.717, 1.165) is 54.9 Å². The van der Waals surface area contributed by atoms with Gasteiger partial charge in [-0.15, -0.1) is 0 Å². The average Bonchev–Trinajstić information content (AvgIpc) is 3.10. The van der Waals surface area contributed by atoms with Gasteiger partial charge in [0.2, 0.25) is 0 Å². The molecule has 3 aromatic rings. The largest absolute Gasteiger partial charge is 0.466 e. The molecule has 0 atom stereocenters. The predicted octanol–water partition coefficient (Wildman–Crippen LogP) is 3.41. The molecule has 0 radical (unpaired) electrons. The van der Waals surface area contributed by atoms with E-state index in [9.17, 15) is 4.79 Å². The first-order valence-corrected chi connectivity index (χ1v) is 9.66. The van der Waals surface area contributed by atoms with Crippen LogP contribution in [0.2, 0.25) is 0 Å². The Labute approximate surface area is 164 Å². The Bertz CT molecular complexity index is 896. The number of anilines is 2. The lowest BCUT2D eigenvalue weighted by Gasteiger charge is -2.23. The molecule has 0 unspecified atom stereocenters.